The largest absolute Gasteiger partial charge is 0.463 e. The van der Waals surface area contributed by atoms with Gasteiger partial charge in [0.05, 0.1) is 13.0 Å². The maximum absolute atomic E-state index is 12.5. The molecule has 0 amide bonds. The number of carbonyl (C=O) groups excluding carboxylic acids is 5. The summed E-state index contributed by atoms with van der Waals surface area (Å²) in [6, 6.07) is 0. The van der Waals surface area contributed by atoms with Crippen molar-refractivity contribution in [2.75, 3.05) is 13.2 Å². The molecule has 11 heteroatoms. The maximum atomic E-state index is 12.5. The fourth-order valence-electron chi connectivity index (χ4n) is 2.69. The zero-order valence-electron chi connectivity index (χ0n) is 16.3. The van der Waals surface area contributed by atoms with Crippen LogP contribution in [0.15, 0.2) is 0 Å². The number of rotatable bonds is 7. The minimum Gasteiger partial charge on any atom is -0.463 e. The van der Waals surface area contributed by atoms with Crippen molar-refractivity contribution in [1.29, 1.82) is 0 Å². The Labute approximate surface area is 161 Å². The van der Waals surface area contributed by atoms with Crippen molar-refractivity contribution in [2.45, 2.75) is 65.1 Å². The molecule has 0 spiro atoms. The van der Waals surface area contributed by atoms with Gasteiger partial charge in [-0.25, -0.2) is 4.79 Å². The van der Waals surface area contributed by atoms with Crippen LogP contribution in [0.25, 0.3) is 0 Å². The van der Waals surface area contributed by atoms with Gasteiger partial charge in [-0.05, 0) is 6.92 Å². The molecule has 0 aromatic carbocycles. The highest BCUT2D eigenvalue weighted by molar-refractivity contribution is 5.82. The molecule has 1 aliphatic heterocycles. The van der Waals surface area contributed by atoms with Gasteiger partial charge >= 0.3 is 35.6 Å². The molecule has 11 nitrogen and oxygen atoms in total. The molecule has 158 valence electrons. The third-order valence-corrected chi connectivity index (χ3v) is 3.51. The highest BCUT2D eigenvalue weighted by atomic mass is 16.8. The second-order valence-electron chi connectivity index (χ2n) is 5.95. The molecule has 0 aliphatic carbocycles. The maximum Gasteiger partial charge on any atom is 0.379 e. The fourth-order valence-corrected chi connectivity index (χ4v) is 2.69. The van der Waals surface area contributed by atoms with E-state index in [0.717, 1.165) is 27.7 Å². The van der Waals surface area contributed by atoms with E-state index in [9.17, 15) is 24.0 Å². The van der Waals surface area contributed by atoms with Crippen LogP contribution in [0, 0.1) is 0 Å². The van der Waals surface area contributed by atoms with Gasteiger partial charge in [0.1, 0.15) is 18.8 Å². The molecular weight excluding hydrogens is 380 g/mol. The van der Waals surface area contributed by atoms with Crippen LogP contribution in [0.4, 0.5) is 0 Å². The standard InChI is InChI=1S/C17H24O11/c1-6-23-16(22)17(27-12(5)21)7-13(25-10(3)19)15(26-11(4)20)14(28-17)8-24-9(2)18/h13-15H,6-8H2,1-5H3/t13-,14-,15+,17-/m1/s1. The van der Waals surface area contributed by atoms with E-state index in [1.165, 1.54) is 6.92 Å². The average Bonchev–Trinajstić information content (AvgIpc) is 2.54. The highest BCUT2D eigenvalue weighted by Crippen LogP contribution is 2.35. The van der Waals surface area contributed by atoms with Gasteiger partial charge in [-0.2, -0.15) is 0 Å². The Morgan fingerprint density at radius 3 is 1.96 bits per heavy atom. The lowest BCUT2D eigenvalue weighted by Crippen LogP contribution is -2.63. The molecule has 1 saturated heterocycles. The lowest BCUT2D eigenvalue weighted by atomic mass is 9.94. The zero-order chi connectivity index (χ0) is 21.5. The second-order valence-corrected chi connectivity index (χ2v) is 5.95. The normalized spacial score (nSPS) is 26.5. The summed E-state index contributed by atoms with van der Waals surface area (Å²) in [5.74, 6) is -6.33. The summed E-state index contributed by atoms with van der Waals surface area (Å²) in [7, 11) is 0. The van der Waals surface area contributed by atoms with Crippen molar-refractivity contribution in [2.24, 2.45) is 0 Å². The first kappa shape index (κ1) is 23.3. The summed E-state index contributed by atoms with van der Waals surface area (Å²) < 4.78 is 30.9. The van der Waals surface area contributed by atoms with E-state index in [4.69, 9.17) is 28.4 Å². The minimum atomic E-state index is -2.27. The van der Waals surface area contributed by atoms with Gasteiger partial charge in [0.25, 0.3) is 0 Å². The molecule has 0 saturated carbocycles. The number of hydrogen-bond donors (Lipinski definition) is 0. The molecule has 1 heterocycles. The number of carbonyl (C=O) groups is 5. The van der Waals surface area contributed by atoms with Gasteiger partial charge < -0.3 is 28.4 Å². The van der Waals surface area contributed by atoms with E-state index in [1.54, 1.807) is 0 Å². The first-order valence-corrected chi connectivity index (χ1v) is 8.53. The summed E-state index contributed by atoms with van der Waals surface area (Å²) in [6.45, 7) is 5.43. The van der Waals surface area contributed by atoms with Crippen molar-refractivity contribution in [3.63, 3.8) is 0 Å². The van der Waals surface area contributed by atoms with Crippen molar-refractivity contribution >= 4 is 29.8 Å². The van der Waals surface area contributed by atoms with Crippen molar-refractivity contribution < 1.29 is 52.4 Å². The van der Waals surface area contributed by atoms with Crippen LogP contribution in [-0.4, -0.2) is 67.2 Å². The quantitative estimate of drug-likeness (QED) is 0.419. The molecule has 0 N–H and O–H groups in total. The molecule has 0 unspecified atom stereocenters. The van der Waals surface area contributed by atoms with Crippen molar-refractivity contribution in [1.82, 2.24) is 0 Å². The fraction of sp³-hybridized carbons (Fsp3) is 0.706. The zero-order valence-corrected chi connectivity index (χ0v) is 16.3. The monoisotopic (exact) mass is 404 g/mol. The molecule has 0 aromatic heterocycles. The van der Waals surface area contributed by atoms with Gasteiger partial charge in [0.15, 0.2) is 6.10 Å². The van der Waals surface area contributed by atoms with Crippen LogP contribution in [0.3, 0.4) is 0 Å². The van der Waals surface area contributed by atoms with Crippen LogP contribution in [-0.2, 0) is 52.4 Å². The van der Waals surface area contributed by atoms with Gasteiger partial charge in [-0.3, -0.25) is 19.2 Å². The van der Waals surface area contributed by atoms with Crippen LogP contribution < -0.4 is 0 Å². The Balaban J connectivity index is 3.36. The molecule has 0 bridgehead atoms. The topological polar surface area (TPSA) is 141 Å². The summed E-state index contributed by atoms with van der Waals surface area (Å²) in [5, 5.41) is 0. The summed E-state index contributed by atoms with van der Waals surface area (Å²) in [5.41, 5.74) is 0. The Kier molecular flexibility index (Phi) is 8.35. The van der Waals surface area contributed by atoms with Gasteiger partial charge in [-0.1, -0.05) is 0 Å². The van der Waals surface area contributed by atoms with E-state index in [0.29, 0.717) is 0 Å². The Morgan fingerprint density at radius 2 is 1.50 bits per heavy atom. The smallest absolute Gasteiger partial charge is 0.379 e. The molecular formula is C17H24O11. The highest BCUT2D eigenvalue weighted by Gasteiger charge is 2.58. The average molecular weight is 404 g/mol. The second kappa shape index (κ2) is 10.0. The number of hydrogen-bond acceptors (Lipinski definition) is 11. The Morgan fingerprint density at radius 1 is 0.893 bits per heavy atom. The van der Waals surface area contributed by atoms with E-state index in [2.05, 4.69) is 0 Å². The summed E-state index contributed by atoms with van der Waals surface area (Å²) in [6.07, 6.45) is -4.23. The molecule has 4 atom stereocenters. The van der Waals surface area contributed by atoms with Crippen molar-refractivity contribution in [3.05, 3.63) is 0 Å². The van der Waals surface area contributed by atoms with E-state index in [-0.39, 0.29) is 6.61 Å². The Hall–Kier alpha value is -2.69. The molecule has 1 aliphatic rings. The Bertz CT molecular complexity index is 629. The predicted octanol–water partition coefficient (Wildman–Crippen LogP) is 0.0243. The number of ether oxygens (including phenoxy) is 6. The van der Waals surface area contributed by atoms with Gasteiger partial charge in [-0.15, -0.1) is 0 Å². The molecule has 0 aromatic rings. The van der Waals surface area contributed by atoms with E-state index < -0.39 is 67.0 Å². The minimum absolute atomic E-state index is 0.0502. The van der Waals surface area contributed by atoms with Gasteiger partial charge in [0, 0.05) is 27.7 Å². The third-order valence-electron chi connectivity index (χ3n) is 3.51. The number of esters is 5. The van der Waals surface area contributed by atoms with Crippen molar-refractivity contribution in [3.8, 4) is 0 Å². The van der Waals surface area contributed by atoms with Crippen LogP contribution in [0.1, 0.15) is 41.0 Å². The van der Waals surface area contributed by atoms with Gasteiger partial charge in [0.2, 0.25) is 0 Å². The molecule has 28 heavy (non-hydrogen) atoms. The van der Waals surface area contributed by atoms with Crippen LogP contribution >= 0.6 is 0 Å². The first-order chi connectivity index (χ1) is 13.0. The third kappa shape index (κ3) is 6.48. The predicted molar refractivity (Wildman–Crippen MR) is 88.4 cm³/mol. The molecule has 0 radical (unpaired) electrons. The van der Waals surface area contributed by atoms with E-state index >= 15 is 0 Å². The van der Waals surface area contributed by atoms with E-state index in [1.807, 2.05) is 0 Å². The summed E-state index contributed by atoms with van der Waals surface area (Å²) in [4.78, 5) is 58.4. The molecule has 1 fully saturated rings. The lowest BCUT2D eigenvalue weighted by Gasteiger charge is -2.44. The summed E-state index contributed by atoms with van der Waals surface area (Å²) >= 11 is 0. The van der Waals surface area contributed by atoms with Crippen LogP contribution in [0.2, 0.25) is 0 Å². The molecule has 1 rings (SSSR count). The first-order valence-electron chi connectivity index (χ1n) is 8.53. The van der Waals surface area contributed by atoms with Crippen LogP contribution in [0.5, 0.6) is 0 Å². The SMILES string of the molecule is CCOC(=O)[C@@]1(OC(C)=O)C[C@@H](OC(C)=O)[C@H](OC(C)=O)[C@@H](COC(C)=O)O1. The lowest BCUT2D eigenvalue weighted by molar-refractivity contribution is -0.308.